The van der Waals surface area contributed by atoms with E-state index in [1.807, 2.05) is 6.07 Å². The summed E-state index contributed by atoms with van der Waals surface area (Å²) in [5.74, 6) is -0.606. The Morgan fingerprint density at radius 1 is 1.33 bits per heavy atom. The van der Waals surface area contributed by atoms with Gasteiger partial charge in [-0.05, 0) is 19.3 Å². The second-order valence-electron chi connectivity index (χ2n) is 5.07. The molecular weight excluding hydrogens is 252 g/mol. The Kier molecular flexibility index (Phi) is 2.15. The van der Waals surface area contributed by atoms with Crippen LogP contribution in [-0.2, 0) is 4.79 Å². The lowest BCUT2D eigenvalue weighted by Gasteiger charge is -2.45. The summed E-state index contributed by atoms with van der Waals surface area (Å²) in [7, 11) is 0. The first-order chi connectivity index (χ1) is 8.60. The summed E-state index contributed by atoms with van der Waals surface area (Å²) < 4.78 is 0. The summed E-state index contributed by atoms with van der Waals surface area (Å²) in [6.07, 6.45) is 3.41. The second-order valence-corrected chi connectivity index (χ2v) is 5.45. The molecule has 0 radical (unpaired) electrons. The van der Waals surface area contributed by atoms with Crippen LogP contribution in [0, 0.1) is 34.0 Å². The maximum absolute atomic E-state index is 12.3. The molecule has 6 heteroatoms. The van der Waals surface area contributed by atoms with Crippen molar-refractivity contribution in [2.24, 2.45) is 11.3 Å². The molecule has 1 aliphatic carbocycles. The maximum Gasteiger partial charge on any atom is 0.248 e. The first kappa shape index (κ1) is 11.4. The highest BCUT2D eigenvalue weighted by Crippen LogP contribution is 2.55. The lowest BCUT2D eigenvalue weighted by atomic mass is 9.62. The number of amides is 1. The number of hydrogen-bond acceptors (Lipinski definition) is 4. The number of hydrogen-bond donors (Lipinski definition) is 2. The fraction of sp³-hybridized carbons (Fsp3) is 0.583. The Labute approximate surface area is 109 Å². The minimum absolute atomic E-state index is 0.0594. The smallest absolute Gasteiger partial charge is 0.248 e. The summed E-state index contributed by atoms with van der Waals surface area (Å²) in [6.45, 7) is 0. The normalized spacial score (nSPS) is 41.3. The van der Waals surface area contributed by atoms with Crippen LogP contribution in [0.4, 0.5) is 0 Å². The van der Waals surface area contributed by atoms with Gasteiger partial charge in [0.1, 0.15) is 16.9 Å². The molecule has 18 heavy (non-hydrogen) atoms. The molecule has 5 nitrogen and oxygen atoms in total. The Bertz CT molecular complexity index is 557. The van der Waals surface area contributed by atoms with Crippen LogP contribution in [0.3, 0.4) is 0 Å². The molecule has 3 rings (SSSR count). The molecule has 1 amide bonds. The molecule has 2 fully saturated rings. The van der Waals surface area contributed by atoms with Gasteiger partial charge >= 0.3 is 0 Å². The average Bonchev–Trinajstić information content (AvgIpc) is 2.55. The summed E-state index contributed by atoms with van der Waals surface area (Å²) >= 11 is 6.06. The van der Waals surface area contributed by atoms with E-state index < -0.39 is 17.0 Å². The number of nitrogens with one attached hydrogen (secondary N) is 2. The van der Waals surface area contributed by atoms with Gasteiger partial charge in [-0.2, -0.15) is 10.5 Å². The van der Waals surface area contributed by atoms with E-state index in [0.29, 0.717) is 0 Å². The van der Waals surface area contributed by atoms with E-state index in [1.165, 1.54) is 0 Å². The highest BCUT2D eigenvalue weighted by molar-refractivity contribution is 6.30. The van der Waals surface area contributed by atoms with Crippen molar-refractivity contribution in [1.29, 1.82) is 10.5 Å². The zero-order chi connectivity index (χ0) is 13.0. The molecule has 0 aromatic heterocycles. The van der Waals surface area contributed by atoms with Crippen molar-refractivity contribution in [1.82, 2.24) is 10.6 Å². The van der Waals surface area contributed by atoms with Gasteiger partial charge in [0, 0.05) is 5.92 Å². The quantitative estimate of drug-likeness (QED) is 0.640. The van der Waals surface area contributed by atoms with Gasteiger partial charge in [-0.1, -0.05) is 18.0 Å². The van der Waals surface area contributed by atoms with E-state index >= 15 is 0 Å². The lowest BCUT2D eigenvalue weighted by molar-refractivity contribution is -0.124. The predicted molar refractivity (Wildman–Crippen MR) is 62.5 cm³/mol. The Morgan fingerprint density at radius 3 is 2.78 bits per heavy atom. The number of nitriles is 2. The molecule has 3 unspecified atom stereocenters. The van der Waals surface area contributed by atoms with Gasteiger partial charge < -0.3 is 10.6 Å². The number of nitrogens with zero attached hydrogens (tertiary/aromatic N) is 2. The third kappa shape index (κ3) is 1.04. The Balaban J connectivity index is 2.28. The van der Waals surface area contributed by atoms with E-state index in [0.717, 1.165) is 25.7 Å². The van der Waals surface area contributed by atoms with Gasteiger partial charge in [0.15, 0.2) is 5.41 Å². The lowest BCUT2D eigenvalue weighted by Crippen LogP contribution is -2.60. The molecule has 0 aromatic rings. The molecule has 3 aliphatic rings. The zero-order valence-corrected chi connectivity index (χ0v) is 10.3. The van der Waals surface area contributed by atoms with Gasteiger partial charge in [0.05, 0.1) is 11.6 Å². The molecule has 3 atom stereocenters. The average molecular weight is 263 g/mol. The van der Waals surface area contributed by atoms with Crippen molar-refractivity contribution < 1.29 is 4.79 Å². The Hall–Kier alpha value is -1.72. The minimum atomic E-state index is -1.41. The van der Waals surface area contributed by atoms with Crippen molar-refractivity contribution >= 4 is 17.5 Å². The van der Waals surface area contributed by atoms with E-state index in [2.05, 4.69) is 16.7 Å². The monoisotopic (exact) mass is 262 g/mol. The molecule has 2 aliphatic heterocycles. The summed E-state index contributed by atoms with van der Waals surface area (Å²) in [4.78, 5) is 12.3. The standard InChI is InChI=1S/C12H11ClN4O/c13-9-7(5-14)11(6-15)8-3-1-2-4-12(8,16-9)17-10(11)18/h8,16H,1-4H2,(H,17,18). The third-order valence-electron chi connectivity index (χ3n) is 4.36. The van der Waals surface area contributed by atoms with Crippen molar-refractivity contribution in [2.75, 3.05) is 0 Å². The number of halogens is 1. The van der Waals surface area contributed by atoms with E-state index in [4.69, 9.17) is 11.6 Å². The van der Waals surface area contributed by atoms with Crippen molar-refractivity contribution in [2.45, 2.75) is 31.3 Å². The van der Waals surface area contributed by atoms with Crippen LogP contribution < -0.4 is 10.6 Å². The molecule has 2 N–H and O–H groups in total. The molecule has 1 saturated heterocycles. The van der Waals surface area contributed by atoms with Gasteiger partial charge in [0.25, 0.3) is 0 Å². The van der Waals surface area contributed by atoms with Crippen molar-refractivity contribution in [3.63, 3.8) is 0 Å². The largest absolute Gasteiger partial charge is 0.352 e. The van der Waals surface area contributed by atoms with E-state index in [1.54, 1.807) is 0 Å². The van der Waals surface area contributed by atoms with Crippen LogP contribution in [-0.4, -0.2) is 11.6 Å². The predicted octanol–water partition coefficient (Wildman–Crippen LogP) is 1.09. The first-order valence-electron chi connectivity index (χ1n) is 5.93. The van der Waals surface area contributed by atoms with Crippen molar-refractivity contribution in [3.05, 3.63) is 10.7 Å². The number of rotatable bonds is 0. The topological polar surface area (TPSA) is 88.7 Å². The highest BCUT2D eigenvalue weighted by Gasteiger charge is 2.68. The Morgan fingerprint density at radius 2 is 2.11 bits per heavy atom. The van der Waals surface area contributed by atoms with Crippen molar-refractivity contribution in [3.8, 4) is 12.1 Å². The van der Waals surface area contributed by atoms with Gasteiger partial charge in [-0.15, -0.1) is 0 Å². The van der Waals surface area contributed by atoms with E-state index in [-0.39, 0.29) is 16.6 Å². The summed E-state index contributed by atoms with van der Waals surface area (Å²) in [6, 6.07) is 4.00. The second kappa shape index (κ2) is 3.40. The zero-order valence-electron chi connectivity index (χ0n) is 9.59. The molecule has 92 valence electrons. The fourth-order valence-corrected chi connectivity index (χ4v) is 3.95. The molecule has 2 bridgehead atoms. The van der Waals surface area contributed by atoms with Crippen LogP contribution in [0.2, 0.25) is 0 Å². The molecular formula is C12H11ClN4O. The van der Waals surface area contributed by atoms with Crippen LogP contribution >= 0.6 is 11.6 Å². The number of carbonyl (C=O) groups excluding carboxylic acids is 1. The van der Waals surface area contributed by atoms with Gasteiger partial charge in [0.2, 0.25) is 5.91 Å². The minimum Gasteiger partial charge on any atom is -0.352 e. The summed E-state index contributed by atoms with van der Waals surface area (Å²) in [5.41, 5.74) is -1.98. The van der Waals surface area contributed by atoms with Gasteiger partial charge in [-0.3, -0.25) is 4.79 Å². The van der Waals surface area contributed by atoms with Crippen LogP contribution in [0.1, 0.15) is 25.7 Å². The molecule has 0 spiro atoms. The SMILES string of the molecule is N#CC1=C(Cl)NC23CCCCC2C1(C#N)C(=O)N3. The van der Waals surface area contributed by atoms with Gasteiger partial charge in [-0.25, -0.2) is 0 Å². The van der Waals surface area contributed by atoms with Crippen LogP contribution in [0.5, 0.6) is 0 Å². The highest BCUT2D eigenvalue weighted by atomic mass is 35.5. The molecule has 1 saturated carbocycles. The molecule has 2 heterocycles. The van der Waals surface area contributed by atoms with Crippen LogP contribution in [0.15, 0.2) is 10.7 Å². The van der Waals surface area contributed by atoms with E-state index in [9.17, 15) is 15.3 Å². The van der Waals surface area contributed by atoms with Crippen LogP contribution in [0.25, 0.3) is 0 Å². The summed E-state index contributed by atoms with van der Waals surface area (Å²) in [5, 5.41) is 24.8. The fourth-order valence-electron chi connectivity index (χ4n) is 3.59. The number of carbonyl (C=O) groups is 1. The molecule has 0 aromatic carbocycles. The first-order valence-corrected chi connectivity index (χ1v) is 6.31. The third-order valence-corrected chi connectivity index (χ3v) is 4.64. The maximum atomic E-state index is 12.3.